The van der Waals surface area contributed by atoms with Crippen LogP contribution in [0, 0.1) is 11.6 Å². The summed E-state index contributed by atoms with van der Waals surface area (Å²) < 4.78 is 34.9. The van der Waals surface area contributed by atoms with Crippen LogP contribution < -0.4 is 10.1 Å². The minimum absolute atomic E-state index is 0.114. The van der Waals surface area contributed by atoms with Gasteiger partial charge in [0.1, 0.15) is 18.1 Å². The van der Waals surface area contributed by atoms with Crippen molar-refractivity contribution in [3.8, 4) is 11.4 Å². The van der Waals surface area contributed by atoms with Crippen LogP contribution >= 0.6 is 0 Å². The molecule has 1 aliphatic carbocycles. The average molecular weight is 397 g/mol. The van der Waals surface area contributed by atoms with E-state index in [2.05, 4.69) is 10.4 Å². The first-order chi connectivity index (χ1) is 14.0. The van der Waals surface area contributed by atoms with Gasteiger partial charge in [-0.05, 0) is 50.5 Å². The predicted octanol–water partition coefficient (Wildman–Crippen LogP) is 3.84. The van der Waals surface area contributed by atoms with Crippen LogP contribution in [-0.4, -0.2) is 28.3 Å². The van der Waals surface area contributed by atoms with Gasteiger partial charge in [-0.1, -0.05) is 24.3 Å². The molecule has 1 unspecified atom stereocenters. The summed E-state index contributed by atoms with van der Waals surface area (Å²) in [6, 6.07) is 12.1. The average Bonchev–Trinajstić information content (AvgIpc) is 3.30. The molecule has 7 heteroatoms. The summed E-state index contributed by atoms with van der Waals surface area (Å²) in [7, 11) is 0. The highest BCUT2D eigenvalue weighted by molar-refractivity contribution is 5.94. The predicted molar refractivity (Wildman–Crippen MR) is 104 cm³/mol. The summed E-state index contributed by atoms with van der Waals surface area (Å²) in [6.07, 6.45) is 2.37. The molecule has 1 aromatic heterocycles. The van der Waals surface area contributed by atoms with Crippen LogP contribution in [0.5, 0.6) is 5.75 Å². The van der Waals surface area contributed by atoms with Crippen molar-refractivity contribution in [3.63, 3.8) is 0 Å². The standard InChI is InChI=1S/C22H21F2N3O2/c1-14(13-29-20-12-5-3-9-17(20)24)25-22(28)21-15-7-6-11-18(15)27(26-21)19-10-4-2-8-16(19)23/h2-5,8-10,12,14H,6-7,11,13H2,1H3,(H,25,28). The normalized spacial score (nSPS) is 13.8. The van der Waals surface area contributed by atoms with E-state index in [4.69, 9.17) is 4.74 Å². The second-order valence-corrected chi connectivity index (χ2v) is 7.11. The summed E-state index contributed by atoms with van der Waals surface area (Å²) in [6.45, 7) is 1.88. The second-order valence-electron chi connectivity index (χ2n) is 7.11. The maximum atomic E-state index is 14.2. The number of para-hydroxylation sites is 2. The van der Waals surface area contributed by atoms with Crippen molar-refractivity contribution in [2.75, 3.05) is 6.61 Å². The summed E-state index contributed by atoms with van der Waals surface area (Å²) in [5.74, 6) is -1.04. The van der Waals surface area contributed by atoms with Crippen molar-refractivity contribution in [3.05, 3.63) is 77.1 Å². The molecule has 0 saturated heterocycles. The Morgan fingerprint density at radius 2 is 1.86 bits per heavy atom. The SMILES string of the molecule is CC(COc1ccccc1F)NC(=O)c1nn(-c2ccccc2F)c2c1CCC2. The lowest BCUT2D eigenvalue weighted by Gasteiger charge is -2.15. The van der Waals surface area contributed by atoms with Crippen LogP contribution in [0.3, 0.4) is 0 Å². The highest BCUT2D eigenvalue weighted by atomic mass is 19.1. The molecule has 1 heterocycles. The van der Waals surface area contributed by atoms with Gasteiger partial charge in [-0.3, -0.25) is 4.79 Å². The van der Waals surface area contributed by atoms with Crippen molar-refractivity contribution >= 4 is 5.91 Å². The minimum atomic E-state index is -0.451. The molecule has 0 saturated carbocycles. The van der Waals surface area contributed by atoms with Gasteiger partial charge < -0.3 is 10.1 Å². The van der Waals surface area contributed by atoms with E-state index in [9.17, 15) is 13.6 Å². The molecule has 1 amide bonds. The molecule has 2 aromatic carbocycles. The maximum Gasteiger partial charge on any atom is 0.272 e. The lowest BCUT2D eigenvalue weighted by molar-refractivity contribution is 0.0919. The number of halogens is 2. The van der Waals surface area contributed by atoms with Crippen LogP contribution in [0.2, 0.25) is 0 Å². The number of carbonyl (C=O) groups excluding carboxylic acids is 1. The van der Waals surface area contributed by atoms with E-state index in [-0.39, 0.29) is 30.1 Å². The molecule has 0 radical (unpaired) electrons. The number of hydrogen-bond acceptors (Lipinski definition) is 3. The number of fused-ring (bicyclic) bond motifs is 1. The largest absolute Gasteiger partial charge is 0.488 e. The minimum Gasteiger partial charge on any atom is -0.488 e. The Balaban J connectivity index is 1.50. The van der Waals surface area contributed by atoms with E-state index in [0.29, 0.717) is 11.4 Å². The zero-order valence-corrected chi connectivity index (χ0v) is 16.0. The number of rotatable bonds is 6. The Morgan fingerprint density at radius 1 is 1.14 bits per heavy atom. The molecule has 3 aromatic rings. The third-order valence-electron chi connectivity index (χ3n) is 4.93. The quantitative estimate of drug-likeness (QED) is 0.688. The third-order valence-corrected chi connectivity index (χ3v) is 4.93. The van der Waals surface area contributed by atoms with Crippen molar-refractivity contribution < 1.29 is 18.3 Å². The van der Waals surface area contributed by atoms with Crippen molar-refractivity contribution in [1.29, 1.82) is 0 Å². The van der Waals surface area contributed by atoms with E-state index in [1.54, 1.807) is 37.3 Å². The molecule has 4 rings (SSSR count). The first kappa shape index (κ1) is 19.1. The van der Waals surface area contributed by atoms with Gasteiger partial charge in [0.2, 0.25) is 0 Å². The number of aromatic nitrogens is 2. The van der Waals surface area contributed by atoms with E-state index in [1.807, 2.05) is 0 Å². The van der Waals surface area contributed by atoms with Crippen LogP contribution in [0.25, 0.3) is 5.69 Å². The topological polar surface area (TPSA) is 56.1 Å². The van der Waals surface area contributed by atoms with Gasteiger partial charge in [-0.2, -0.15) is 5.10 Å². The molecule has 0 spiro atoms. The molecule has 0 bridgehead atoms. The number of amides is 1. The zero-order chi connectivity index (χ0) is 20.4. The Hall–Kier alpha value is -3.22. The van der Waals surface area contributed by atoms with Gasteiger partial charge >= 0.3 is 0 Å². The van der Waals surface area contributed by atoms with E-state index >= 15 is 0 Å². The van der Waals surface area contributed by atoms with Crippen LogP contribution in [0.4, 0.5) is 8.78 Å². The van der Waals surface area contributed by atoms with Gasteiger partial charge in [-0.15, -0.1) is 0 Å². The second kappa shape index (κ2) is 8.03. The van der Waals surface area contributed by atoms with Gasteiger partial charge in [0.15, 0.2) is 17.3 Å². The third kappa shape index (κ3) is 3.85. The molecule has 1 atom stereocenters. The summed E-state index contributed by atoms with van der Waals surface area (Å²) in [5, 5.41) is 7.25. The molecule has 0 fully saturated rings. The number of carbonyl (C=O) groups is 1. The fourth-order valence-electron chi connectivity index (χ4n) is 3.55. The maximum absolute atomic E-state index is 14.2. The van der Waals surface area contributed by atoms with Gasteiger partial charge in [0.05, 0.1) is 6.04 Å². The molecule has 0 aliphatic heterocycles. The number of ether oxygens (including phenoxy) is 1. The van der Waals surface area contributed by atoms with Crippen molar-refractivity contribution in [2.24, 2.45) is 0 Å². The lowest BCUT2D eigenvalue weighted by atomic mass is 10.2. The van der Waals surface area contributed by atoms with Gasteiger partial charge in [-0.25, -0.2) is 13.5 Å². The highest BCUT2D eigenvalue weighted by Gasteiger charge is 2.28. The first-order valence-electron chi connectivity index (χ1n) is 9.58. The van der Waals surface area contributed by atoms with E-state index < -0.39 is 5.82 Å². The number of nitrogens with zero attached hydrogens (tertiary/aromatic N) is 2. The number of hydrogen-bond donors (Lipinski definition) is 1. The number of benzene rings is 2. The summed E-state index contributed by atoms with van der Waals surface area (Å²) in [5.41, 5.74) is 2.36. The Kier molecular flexibility index (Phi) is 5.29. The summed E-state index contributed by atoms with van der Waals surface area (Å²) >= 11 is 0. The molecule has 1 aliphatic rings. The first-order valence-corrected chi connectivity index (χ1v) is 9.58. The van der Waals surface area contributed by atoms with Gasteiger partial charge in [0, 0.05) is 11.3 Å². The highest BCUT2D eigenvalue weighted by Crippen LogP contribution is 2.28. The van der Waals surface area contributed by atoms with E-state index in [1.165, 1.54) is 22.9 Å². The summed E-state index contributed by atoms with van der Waals surface area (Å²) in [4.78, 5) is 12.8. The Morgan fingerprint density at radius 3 is 2.62 bits per heavy atom. The molecule has 29 heavy (non-hydrogen) atoms. The van der Waals surface area contributed by atoms with Crippen LogP contribution in [0.15, 0.2) is 48.5 Å². The van der Waals surface area contributed by atoms with Crippen molar-refractivity contribution in [1.82, 2.24) is 15.1 Å². The fourth-order valence-corrected chi connectivity index (χ4v) is 3.55. The lowest BCUT2D eigenvalue weighted by Crippen LogP contribution is -2.37. The Bertz CT molecular complexity index is 1050. The van der Waals surface area contributed by atoms with E-state index in [0.717, 1.165) is 30.5 Å². The smallest absolute Gasteiger partial charge is 0.272 e. The molecule has 150 valence electrons. The number of nitrogens with one attached hydrogen (secondary N) is 1. The van der Waals surface area contributed by atoms with Crippen LogP contribution in [-0.2, 0) is 12.8 Å². The van der Waals surface area contributed by atoms with Gasteiger partial charge in [0.25, 0.3) is 5.91 Å². The molecular weight excluding hydrogens is 376 g/mol. The molecular formula is C22H21F2N3O2. The monoisotopic (exact) mass is 397 g/mol. The molecule has 5 nitrogen and oxygen atoms in total. The molecule has 1 N–H and O–H groups in total. The Labute approximate surface area is 167 Å². The van der Waals surface area contributed by atoms with Crippen LogP contribution in [0.1, 0.15) is 35.1 Å². The van der Waals surface area contributed by atoms with Crippen molar-refractivity contribution in [2.45, 2.75) is 32.2 Å². The fraction of sp³-hybridized carbons (Fsp3) is 0.273. The zero-order valence-electron chi connectivity index (χ0n) is 16.0.